The topological polar surface area (TPSA) is 67.4 Å². The number of carbonyl (C=O) groups excluding carboxylic acids is 2. The summed E-state index contributed by atoms with van der Waals surface area (Å²) in [5.74, 6) is -0.883. The summed E-state index contributed by atoms with van der Waals surface area (Å²) in [7, 11) is 0. The molecule has 0 aliphatic rings. The van der Waals surface area contributed by atoms with Crippen molar-refractivity contribution in [3.8, 4) is 5.75 Å². The molecule has 23 heavy (non-hydrogen) atoms. The van der Waals surface area contributed by atoms with E-state index in [1.165, 1.54) is 24.3 Å². The van der Waals surface area contributed by atoms with E-state index >= 15 is 0 Å². The Labute approximate surface area is 133 Å². The van der Waals surface area contributed by atoms with Gasteiger partial charge in [-0.05, 0) is 48.4 Å². The molecule has 2 aromatic carbocycles. The molecular formula is C17H17FN2O3. The van der Waals surface area contributed by atoms with Gasteiger partial charge < -0.3 is 4.74 Å². The van der Waals surface area contributed by atoms with E-state index in [9.17, 15) is 14.0 Å². The van der Waals surface area contributed by atoms with Crippen molar-refractivity contribution in [1.29, 1.82) is 0 Å². The SMILES string of the molecule is CCc1cccc(OCC(=O)NNC(=O)c2ccc(F)cc2)c1. The summed E-state index contributed by atoms with van der Waals surface area (Å²) in [4.78, 5) is 23.4. The van der Waals surface area contributed by atoms with Gasteiger partial charge in [0.15, 0.2) is 6.61 Å². The van der Waals surface area contributed by atoms with Crippen molar-refractivity contribution >= 4 is 11.8 Å². The summed E-state index contributed by atoms with van der Waals surface area (Å²) >= 11 is 0. The highest BCUT2D eigenvalue weighted by Crippen LogP contribution is 2.13. The van der Waals surface area contributed by atoms with E-state index in [1.807, 2.05) is 25.1 Å². The Hall–Kier alpha value is -2.89. The second-order valence-electron chi connectivity index (χ2n) is 4.80. The van der Waals surface area contributed by atoms with Gasteiger partial charge in [0.1, 0.15) is 11.6 Å². The molecule has 0 saturated heterocycles. The van der Waals surface area contributed by atoms with Gasteiger partial charge in [-0.2, -0.15) is 0 Å². The minimum Gasteiger partial charge on any atom is -0.484 e. The quantitative estimate of drug-likeness (QED) is 0.831. The molecule has 120 valence electrons. The molecule has 2 amide bonds. The number of aryl methyl sites for hydroxylation is 1. The summed E-state index contributed by atoms with van der Waals surface area (Å²) in [6.07, 6.45) is 0.872. The predicted molar refractivity (Wildman–Crippen MR) is 83.3 cm³/mol. The van der Waals surface area contributed by atoms with Crippen LogP contribution in [0.5, 0.6) is 5.75 Å². The van der Waals surface area contributed by atoms with Crippen LogP contribution >= 0.6 is 0 Å². The fraction of sp³-hybridized carbons (Fsp3) is 0.176. The smallest absolute Gasteiger partial charge is 0.276 e. The third-order valence-electron chi connectivity index (χ3n) is 3.10. The van der Waals surface area contributed by atoms with Crippen LogP contribution in [-0.4, -0.2) is 18.4 Å². The highest BCUT2D eigenvalue weighted by Gasteiger charge is 2.08. The van der Waals surface area contributed by atoms with Gasteiger partial charge >= 0.3 is 0 Å². The average Bonchev–Trinajstić information content (AvgIpc) is 2.58. The number of rotatable bonds is 5. The van der Waals surface area contributed by atoms with Crippen LogP contribution in [-0.2, 0) is 11.2 Å². The summed E-state index contributed by atoms with van der Waals surface area (Å²) in [5.41, 5.74) is 5.82. The minimum atomic E-state index is -0.536. The summed E-state index contributed by atoms with van der Waals surface area (Å²) in [6, 6.07) is 12.4. The molecule has 0 heterocycles. The zero-order chi connectivity index (χ0) is 16.7. The number of ether oxygens (including phenoxy) is 1. The van der Waals surface area contributed by atoms with Crippen LogP contribution in [0.1, 0.15) is 22.8 Å². The number of hydrogen-bond donors (Lipinski definition) is 2. The molecule has 2 aromatic rings. The molecule has 0 aliphatic carbocycles. The van der Waals surface area contributed by atoms with Crippen molar-refractivity contribution in [3.63, 3.8) is 0 Å². The molecule has 0 aromatic heterocycles. The largest absolute Gasteiger partial charge is 0.484 e. The maximum atomic E-state index is 12.8. The molecule has 0 saturated carbocycles. The number of hydrogen-bond acceptors (Lipinski definition) is 3. The van der Waals surface area contributed by atoms with Crippen LogP contribution in [0.3, 0.4) is 0 Å². The predicted octanol–water partition coefficient (Wildman–Crippen LogP) is 2.23. The summed E-state index contributed by atoms with van der Waals surface area (Å²) < 4.78 is 18.1. The third kappa shape index (κ3) is 5.10. The molecule has 5 nitrogen and oxygen atoms in total. The lowest BCUT2D eigenvalue weighted by Gasteiger charge is -2.09. The highest BCUT2D eigenvalue weighted by molar-refractivity contribution is 5.95. The van der Waals surface area contributed by atoms with Crippen LogP contribution < -0.4 is 15.6 Å². The van der Waals surface area contributed by atoms with Gasteiger partial charge in [0.2, 0.25) is 0 Å². The fourth-order valence-corrected chi connectivity index (χ4v) is 1.84. The normalized spacial score (nSPS) is 10.0. The Morgan fingerprint density at radius 1 is 1.09 bits per heavy atom. The Kier molecular flexibility index (Phi) is 5.68. The molecule has 0 unspecified atom stereocenters. The van der Waals surface area contributed by atoms with Crippen LogP contribution in [0.15, 0.2) is 48.5 Å². The number of halogens is 1. The molecule has 0 atom stereocenters. The van der Waals surface area contributed by atoms with Gasteiger partial charge in [-0.3, -0.25) is 20.4 Å². The second kappa shape index (κ2) is 7.93. The van der Waals surface area contributed by atoms with Crippen LogP contribution in [0.25, 0.3) is 0 Å². The Bertz CT molecular complexity index is 686. The van der Waals surface area contributed by atoms with Crippen molar-refractivity contribution in [2.24, 2.45) is 0 Å². The molecule has 0 aliphatic heterocycles. The average molecular weight is 316 g/mol. The first-order valence-corrected chi connectivity index (χ1v) is 7.15. The van der Waals surface area contributed by atoms with Gasteiger partial charge in [-0.15, -0.1) is 0 Å². The van der Waals surface area contributed by atoms with E-state index in [1.54, 1.807) is 6.07 Å². The Balaban J connectivity index is 1.78. The molecule has 0 fully saturated rings. The lowest BCUT2D eigenvalue weighted by atomic mass is 10.2. The van der Waals surface area contributed by atoms with Gasteiger partial charge in [-0.1, -0.05) is 19.1 Å². The molecule has 2 rings (SSSR count). The number of benzene rings is 2. The lowest BCUT2D eigenvalue weighted by Crippen LogP contribution is -2.43. The number of carbonyl (C=O) groups is 2. The molecule has 0 spiro atoms. The van der Waals surface area contributed by atoms with Crippen LogP contribution in [0, 0.1) is 5.82 Å². The first-order valence-electron chi connectivity index (χ1n) is 7.15. The number of hydrazine groups is 1. The van der Waals surface area contributed by atoms with E-state index in [0.717, 1.165) is 12.0 Å². The molecule has 6 heteroatoms. The van der Waals surface area contributed by atoms with Crippen molar-refractivity contribution < 1.29 is 18.7 Å². The van der Waals surface area contributed by atoms with E-state index < -0.39 is 17.6 Å². The summed E-state index contributed by atoms with van der Waals surface area (Å²) in [6.45, 7) is 1.80. The molecule has 0 radical (unpaired) electrons. The van der Waals surface area contributed by atoms with Crippen LogP contribution in [0.2, 0.25) is 0 Å². The van der Waals surface area contributed by atoms with Crippen molar-refractivity contribution in [2.45, 2.75) is 13.3 Å². The minimum absolute atomic E-state index is 0.225. The zero-order valence-electron chi connectivity index (χ0n) is 12.6. The van der Waals surface area contributed by atoms with Gasteiger partial charge in [0.25, 0.3) is 11.8 Å². The highest BCUT2D eigenvalue weighted by atomic mass is 19.1. The summed E-state index contributed by atoms with van der Waals surface area (Å²) in [5, 5.41) is 0. The van der Waals surface area contributed by atoms with Crippen LogP contribution in [0.4, 0.5) is 4.39 Å². The maximum absolute atomic E-state index is 12.8. The Morgan fingerprint density at radius 2 is 1.83 bits per heavy atom. The second-order valence-corrected chi connectivity index (χ2v) is 4.80. The van der Waals surface area contributed by atoms with E-state index in [4.69, 9.17) is 4.74 Å². The van der Waals surface area contributed by atoms with Crippen molar-refractivity contribution in [3.05, 3.63) is 65.5 Å². The standard InChI is InChI=1S/C17H17FN2O3/c1-2-12-4-3-5-15(10-12)23-11-16(21)19-20-17(22)13-6-8-14(18)9-7-13/h3-10H,2,11H2,1H3,(H,19,21)(H,20,22). The third-order valence-corrected chi connectivity index (χ3v) is 3.10. The van der Waals surface area contributed by atoms with Gasteiger partial charge in [0.05, 0.1) is 0 Å². The van der Waals surface area contributed by atoms with E-state index in [0.29, 0.717) is 5.75 Å². The van der Waals surface area contributed by atoms with Gasteiger partial charge in [-0.25, -0.2) is 4.39 Å². The van der Waals surface area contributed by atoms with Crippen molar-refractivity contribution in [1.82, 2.24) is 10.9 Å². The van der Waals surface area contributed by atoms with Crippen molar-refractivity contribution in [2.75, 3.05) is 6.61 Å². The molecule has 2 N–H and O–H groups in total. The maximum Gasteiger partial charge on any atom is 0.276 e. The van der Waals surface area contributed by atoms with E-state index in [-0.39, 0.29) is 12.2 Å². The van der Waals surface area contributed by atoms with E-state index in [2.05, 4.69) is 10.9 Å². The first kappa shape index (κ1) is 16.5. The monoisotopic (exact) mass is 316 g/mol. The number of amides is 2. The zero-order valence-corrected chi connectivity index (χ0v) is 12.6. The van der Waals surface area contributed by atoms with Gasteiger partial charge in [0, 0.05) is 5.56 Å². The first-order chi connectivity index (χ1) is 11.1. The lowest BCUT2D eigenvalue weighted by molar-refractivity contribution is -0.123. The fourth-order valence-electron chi connectivity index (χ4n) is 1.84. The molecular weight excluding hydrogens is 299 g/mol. The Morgan fingerprint density at radius 3 is 2.52 bits per heavy atom. The molecule has 0 bridgehead atoms. The number of nitrogens with one attached hydrogen (secondary N) is 2.